The molecule has 2 aromatic rings. The molecule has 0 saturated heterocycles. The number of nitrogens with zero attached hydrogens (tertiary/aromatic N) is 2. The Bertz CT molecular complexity index is 1450. The minimum absolute atomic E-state index is 0.220. The molecule has 0 atom stereocenters. The van der Waals surface area contributed by atoms with Gasteiger partial charge in [-0.2, -0.15) is 0 Å². The van der Waals surface area contributed by atoms with E-state index in [1.54, 1.807) is 24.0 Å². The summed E-state index contributed by atoms with van der Waals surface area (Å²) in [6.45, 7) is 12.5. The Hall–Kier alpha value is -2.74. The minimum Gasteiger partial charge on any atom is -0.382 e. The van der Waals surface area contributed by atoms with E-state index in [-0.39, 0.29) is 38.1 Å². The summed E-state index contributed by atoms with van der Waals surface area (Å²) in [7, 11) is 3.28. The molecule has 2 aliphatic heterocycles. The van der Waals surface area contributed by atoms with Crippen molar-refractivity contribution in [2.75, 3.05) is 199 Å². The van der Waals surface area contributed by atoms with Crippen molar-refractivity contribution >= 4 is 45.9 Å². The number of amides is 2. The highest BCUT2D eigenvalue weighted by Crippen LogP contribution is 2.47. The Labute approximate surface area is 385 Å². The van der Waals surface area contributed by atoms with Gasteiger partial charge in [0.2, 0.25) is 0 Å². The molecule has 2 amide bonds. The van der Waals surface area contributed by atoms with Gasteiger partial charge < -0.3 is 76.1 Å². The predicted octanol–water partition coefficient (Wildman–Crippen LogP) is 3.11. The third kappa shape index (κ3) is 20.4. The normalized spacial score (nSPS) is 14.1. The lowest BCUT2D eigenvalue weighted by molar-refractivity contribution is -0.124. The van der Waals surface area contributed by atoms with Gasteiger partial charge in [-0.1, -0.05) is 12.1 Å². The van der Waals surface area contributed by atoms with Gasteiger partial charge in [0.25, 0.3) is 11.8 Å². The van der Waals surface area contributed by atoms with Crippen LogP contribution in [0.1, 0.15) is 9.75 Å². The molecule has 4 rings (SSSR count). The molecule has 64 heavy (non-hydrogen) atoms. The van der Waals surface area contributed by atoms with Gasteiger partial charge in [0.05, 0.1) is 204 Å². The number of hydrogen-bond donors (Lipinski definition) is 0. The van der Waals surface area contributed by atoms with Crippen LogP contribution in [0, 0.1) is 0 Å². The quantitative estimate of drug-likeness (QED) is 0.0888. The molecule has 0 bridgehead atoms. The fourth-order valence-electron chi connectivity index (χ4n) is 6.16. The Balaban J connectivity index is 1.08. The third-order valence-electron chi connectivity index (χ3n) is 9.19. The molecule has 0 radical (unpaired) electrons. The summed E-state index contributed by atoms with van der Waals surface area (Å²) in [5.74, 6) is -0.440. The highest BCUT2D eigenvalue weighted by molar-refractivity contribution is 7.11. The van der Waals surface area contributed by atoms with Crippen LogP contribution in [0.4, 0.5) is 0 Å². The highest BCUT2D eigenvalue weighted by Gasteiger charge is 2.49. The number of rotatable bonds is 44. The molecule has 0 spiro atoms. The first-order valence-corrected chi connectivity index (χ1v) is 23.6. The van der Waals surface area contributed by atoms with Crippen molar-refractivity contribution in [3.8, 4) is 0 Å². The highest BCUT2D eigenvalue weighted by atomic mass is 32.1. The third-order valence-corrected chi connectivity index (χ3v) is 10.9. The Morgan fingerprint density at radius 3 is 0.812 bits per heavy atom. The van der Waals surface area contributed by atoms with Crippen molar-refractivity contribution < 1.29 is 75.9 Å². The van der Waals surface area contributed by atoms with Crippen LogP contribution in [0.3, 0.4) is 0 Å². The van der Waals surface area contributed by atoms with E-state index in [1.165, 1.54) is 22.7 Å². The summed E-state index contributed by atoms with van der Waals surface area (Å²) in [5, 5.41) is 3.88. The molecular weight excluding hydrogens is 877 g/mol. The van der Waals surface area contributed by atoms with Gasteiger partial charge in [0.1, 0.15) is 0 Å². The molecule has 20 heteroatoms. The van der Waals surface area contributed by atoms with E-state index in [0.29, 0.717) is 181 Å². The lowest BCUT2D eigenvalue weighted by Gasteiger charge is -2.24. The van der Waals surface area contributed by atoms with Crippen molar-refractivity contribution in [3.05, 3.63) is 55.9 Å². The zero-order valence-electron chi connectivity index (χ0n) is 37.5. The number of carbonyl (C=O) groups is 2. The van der Waals surface area contributed by atoms with Crippen molar-refractivity contribution in [1.29, 1.82) is 0 Å². The maximum atomic E-state index is 14.2. The number of methoxy groups -OCH3 is 2. The number of ether oxygens (including phenoxy) is 14. The van der Waals surface area contributed by atoms with Gasteiger partial charge in [-0.25, -0.2) is 0 Å². The van der Waals surface area contributed by atoms with E-state index in [4.69, 9.17) is 66.3 Å². The lowest BCUT2D eigenvalue weighted by Crippen LogP contribution is -2.33. The van der Waals surface area contributed by atoms with E-state index in [2.05, 4.69) is 0 Å². The lowest BCUT2D eigenvalue weighted by atomic mass is 10.1. The Morgan fingerprint density at radius 2 is 0.594 bits per heavy atom. The summed E-state index contributed by atoms with van der Waals surface area (Å²) in [6.07, 6.45) is 0. The minimum atomic E-state index is -0.220. The molecule has 0 N–H and O–H groups in total. The number of thiophene rings is 2. The monoisotopic (exact) mass is 944 g/mol. The van der Waals surface area contributed by atoms with Crippen LogP contribution >= 0.6 is 22.7 Å². The number of carbonyl (C=O) groups excluding carboxylic acids is 2. The second-order valence-corrected chi connectivity index (χ2v) is 15.5. The molecule has 0 aromatic carbocycles. The molecule has 0 fully saturated rings. The van der Waals surface area contributed by atoms with E-state index >= 15 is 0 Å². The molecule has 18 nitrogen and oxygen atoms in total. The molecule has 2 aliphatic rings. The first kappa shape index (κ1) is 53.9. The van der Waals surface area contributed by atoms with Crippen LogP contribution < -0.4 is 0 Å². The van der Waals surface area contributed by atoms with Gasteiger partial charge in [-0.05, 0) is 22.9 Å². The Morgan fingerprint density at radius 1 is 0.359 bits per heavy atom. The zero-order valence-corrected chi connectivity index (χ0v) is 39.1. The topological polar surface area (TPSA) is 170 Å². The molecule has 2 aromatic heterocycles. The number of fused-ring (bicyclic) bond motifs is 1. The molecule has 0 aliphatic carbocycles. The summed E-state index contributed by atoms with van der Waals surface area (Å²) >= 11 is 2.97. The van der Waals surface area contributed by atoms with Gasteiger partial charge in [-0.15, -0.1) is 22.7 Å². The maximum absolute atomic E-state index is 14.2. The average Bonchev–Trinajstić information content (AvgIpc) is 4.13. The van der Waals surface area contributed by atoms with Crippen LogP contribution in [0.15, 0.2) is 46.2 Å². The van der Waals surface area contributed by atoms with Crippen LogP contribution in [0.5, 0.6) is 0 Å². The molecule has 0 unspecified atom stereocenters. The first-order chi connectivity index (χ1) is 31.7. The summed E-state index contributed by atoms with van der Waals surface area (Å²) in [6, 6.07) is 7.70. The van der Waals surface area contributed by atoms with Gasteiger partial charge in [-0.3, -0.25) is 9.59 Å². The Kier molecular flexibility index (Phi) is 29.8. The zero-order chi connectivity index (χ0) is 45.1. The summed E-state index contributed by atoms with van der Waals surface area (Å²) in [4.78, 5) is 33.5. The fourth-order valence-corrected chi connectivity index (χ4v) is 7.73. The largest absolute Gasteiger partial charge is 0.382 e. The van der Waals surface area contributed by atoms with E-state index in [1.807, 2.05) is 35.0 Å². The van der Waals surface area contributed by atoms with Crippen LogP contribution in [-0.4, -0.2) is 221 Å². The van der Waals surface area contributed by atoms with E-state index in [0.717, 1.165) is 9.75 Å². The van der Waals surface area contributed by atoms with Crippen molar-refractivity contribution in [1.82, 2.24) is 9.80 Å². The van der Waals surface area contributed by atoms with Gasteiger partial charge in [0.15, 0.2) is 0 Å². The second-order valence-electron chi connectivity index (χ2n) is 13.6. The van der Waals surface area contributed by atoms with Crippen molar-refractivity contribution in [2.24, 2.45) is 0 Å². The summed E-state index contributed by atoms with van der Waals surface area (Å²) in [5.41, 5.74) is 2.06. The number of hydrogen-bond acceptors (Lipinski definition) is 18. The fraction of sp³-hybridized carbons (Fsp3) is 0.682. The van der Waals surface area contributed by atoms with Crippen LogP contribution in [-0.2, 0) is 75.9 Å². The average molecular weight is 945 g/mol. The summed E-state index contributed by atoms with van der Waals surface area (Å²) < 4.78 is 76.6. The second kappa shape index (κ2) is 35.5. The standard InChI is InChI=1S/C44H68N2O16S2/c1-49-11-13-53-19-21-57-27-29-61-33-31-59-25-23-55-17-15-51-9-7-45-41(37-5-3-35-63-37)39-40(43(45)47)42(38-6-4-36-64-38)46(44(39)48)8-10-52-16-18-56-24-26-60-32-34-62-30-28-58-22-20-54-14-12-50-2/h3-6,35-36H,7-34H2,1-2H3. The smallest absolute Gasteiger partial charge is 0.261 e. The first-order valence-electron chi connectivity index (χ1n) is 21.8. The van der Waals surface area contributed by atoms with Crippen LogP contribution in [0.2, 0.25) is 0 Å². The SMILES string of the molecule is COCCOCCOCCOCCOCCOCCOCCN1C(=O)C2=C(c3cccs3)N(CCOCCOCCOCCOCCOCCOCCOC)C(=O)C2=C1c1cccs1. The molecule has 0 saturated carbocycles. The van der Waals surface area contributed by atoms with Crippen LogP contribution in [0.25, 0.3) is 11.4 Å². The maximum Gasteiger partial charge on any atom is 0.261 e. The van der Waals surface area contributed by atoms with E-state index in [9.17, 15) is 9.59 Å². The molecule has 362 valence electrons. The van der Waals surface area contributed by atoms with Crippen molar-refractivity contribution in [2.45, 2.75) is 0 Å². The van der Waals surface area contributed by atoms with E-state index < -0.39 is 0 Å². The molecule has 4 heterocycles. The van der Waals surface area contributed by atoms with Crippen molar-refractivity contribution in [3.63, 3.8) is 0 Å². The predicted molar refractivity (Wildman–Crippen MR) is 239 cm³/mol. The molecular formula is C44H68N2O16S2. The van der Waals surface area contributed by atoms with Gasteiger partial charge >= 0.3 is 0 Å². The van der Waals surface area contributed by atoms with Gasteiger partial charge in [0, 0.05) is 27.3 Å².